The van der Waals surface area contributed by atoms with Crippen molar-refractivity contribution in [3.8, 4) is 0 Å². The van der Waals surface area contributed by atoms with Crippen molar-refractivity contribution in [3.05, 3.63) is 12.2 Å². The fourth-order valence-electron chi connectivity index (χ4n) is 1.17. The molecule has 0 amide bonds. The van der Waals surface area contributed by atoms with Crippen molar-refractivity contribution in [2.24, 2.45) is 0 Å². The van der Waals surface area contributed by atoms with E-state index in [0.29, 0.717) is 18.8 Å². The lowest BCUT2D eigenvalue weighted by Crippen LogP contribution is -2.22. The Bertz CT molecular complexity index is 199. The van der Waals surface area contributed by atoms with E-state index in [2.05, 4.69) is 13.5 Å². The van der Waals surface area contributed by atoms with Crippen molar-refractivity contribution in [2.75, 3.05) is 13.2 Å². The summed E-state index contributed by atoms with van der Waals surface area (Å²) in [6.45, 7) is 10.2. The lowest BCUT2D eigenvalue weighted by atomic mass is 10.2. The van der Waals surface area contributed by atoms with Gasteiger partial charge >= 0.3 is 5.97 Å². The number of hydrogen-bond donors (Lipinski definition) is 0. The first kappa shape index (κ1) is 14.2. The maximum atomic E-state index is 11.1. The van der Waals surface area contributed by atoms with Crippen molar-refractivity contribution in [3.63, 3.8) is 0 Å². The Hall–Kier alpha value is -0.830. The molecule has 0 saturated carbocycles. The molecule has 15 heavy (non-hydrogen) atoms. The van der Waals surface area contributed by atoms with Crippen LogP contribution >= 0.6 is 0 Å². The first-order valence-electron chi connectivity index (χ1n) is 5.56. The van der Waals surface area contributed by atoms with Gasteiger partial charge in [0, 0.05) is 12.2 Å². The summed E-state index contributed by atoms with van der Waals surface area (Å²) in [4.78, 5) is 11.1. The van der Waals surface area contributed by atoms with Gasteiger partial charge in [-0.3, -0.25) is 0 Å². The van der Waals surface area contributed by atoms with Gasteiger partial charge in [0.2, 0.25) is 0 Å². The van der Waals surface area contributed by atoms with Crippen LogP contribution < -0.4 is 0 Å². The second kappa shape index (κ2) is 8.48. The number of rotatable bonds is 8. The van der Waals surface area contributed by atoms with Crippen LogP contribution in [0, 0.1) is 0 Å². The van der Waals surface area contributed by atoms with Crippen molar-refractivity contribution in [1.29, 1.82) is 0 Å². The van der Waals surface area contributed by atoms with Crippen LogP contribution in [0.4, 0.5) is 0 Å². The van der Waals surface area contributed by atoms with Crippen LogP contribution in [0.3, 0.4) is 0 Å². The Morgan fingerprint density at radius 1 is 1.40 bits per heavy atom. The molecule has 0 aliphatic carbocycles. The Labute approximate surface area is 92.5 Å². The van der Waals surface area contributed by atoms with Crippen LogP contribution in [0.5, 0.6) is 0 Å². The summed E-state index contributed by atoms with van der Waals surface area (Å²) in [5, 5.41) is 0. The van der Waals surface area contributed by atoms with Crippen LogP contribution in [0.15, 0.2) is 12.2 Å². The molecule has 0 radical (unpaired) electrons. The molecule has 0 N–H and O–H groups in total. The first-order chi connectivity index (χ1) is 7.11. The van der Waals surface area contributed by atoms with Crippen LogP contribution in [0.1, 0.15) is 40.0 Å². The van der Waals surface area contributed by atoms with Gasteiger partial charge in [0.15, 0.2) is 0 Å². The van der Waals surface area contributed by atoms with Crippen molar-refractivity contribution >= 4 is 5.97 Å². The Balaban J connectivity index is 3.83. The maximum absolute atomic E-state index is 11.1. The summed E-state index contributed by atoms with van der Waals surface area (Å²) in [7, 11) is 0. The molecule has 0 spiro atoms. The topological polar surface area (TPSA) is 35.5 Å². The number of carbonyl (C=O) groups excluding carboxylic acids is 1. The summed E-state index contributed by atoms with van der Waals surface area (Å²) < 4.78 is 10.5. The summed E-state index contributed by atoms with van der Waals surface area (Å²) >= 11 is 0. The quantitative estimate of drug-likeness (QED) is 0.460. The molecule has 0 bridgehead atoms. The number of carbonyl (C=O) groups is 1. The average Bonchev–Trinajstić information content (AvgIpc) is 2.21. The van der Waals surface area contributed by atoms with E-state index in [4.69, 9.17) is 9.47 Å². The predicted molar refractivity (Wildman–Crippen MR) is 60.7 cm³/mol. The van der Waals surface area contributed by atoms with Gasteiger partial charge in [0.25, 0.3) is 0 Å². The van der Waals surface area contributed by atoms with E-state index in [1.54, 1.807) is 6.92 Å². The average molecular weight is 214 g/mol. The largest absolute Gasteiger partial charge is 0.460 e. The third-order valence-corrected chi connectivity index (χ3v) is 2.03. The minimum Gasteiger partial charge on any atom is -0.460 e. The van der Waals surface area contributed by atoms with Crippen LogP contribution in [-0.2, 0) is 14.3 Å². The maximum Gasteiger partial charge on any atom is 0.333 e. The van der Waals surface area contributed by atoms with Gasteiger partial charge in [-0.2, -0.15) is 0 Å². The highest BCUT2D eigenvalue weighted by molar-refractivity contribution is 5.86. The van der Waals surface area contributed by atoms with E-state index in [-0.39, 0.29) is 12.1 Å². The zero-order valence-electron chi connectivity index (χ0n) is 10.0. The first-order valence-corrected chi connectivity index (χ1v) is 5.56. The van der Waals surface area contributed by atoms with Gasteiger partial charge in [0.1, 0.15) is 6.61 Å². The minimum atomic E-state index is -0.337. The third-order valence-electron chi connectivity index (χ3n) is 2.03. The van der Waals surface area contributed by atoms with E-state index >= 15 is 0 Å². The van der Waals surface area contributed by atoms with Crippen LogP contribution in [0.25, 0.3) is 0 Å². The highest BCUT2D eigenvalue weighted by Crippen LogP contribution is 2.06. The summed E-state index contributed by atoms with van der Waals surface area (Å²) in [6.07, 6.45) is 3.18. The normalized spacial score (nSPS) is 12.2. The molecule has 0 rings (SSSR count). The number of unbranched alkanes of at least 4 members (excludes halogenated alkanes) is 1. The molecule has 1 atom stereocenters. The number of ether oxygens (including phenoxy) is 2. The minimum absolute atomic E-state index is 0.0262. The van der Waals surface area contributed by atoms with Gasteiger partial charge in [-0.05, 0) is 20.3 Å². The third kappa shape index (κ3) is 7.14. The van der Waals surface area contributed by atoms with Crippen molar-refractivity contribution in [2.45, 2.75) is 46.1 Å². The molecular weight excluding hydrogens is 192 g/mol. The van der Waals surface area contributed by atoms with E-state index in [1.807, 2.05) is 6.92 Å². The molecule has 0 aromatic rings. The van der Waals surface area contributed by atoms with E-state index in [1.165, 1.54) is 0 Å². The smallest absolute Gasteiger partial charge is 0.333 e. The second-order valence-electron chi connectivity index (χ2n) is 3.60. The van der Waals surface area contributed by atoms with E-state index in [0.717, 1.165) is 19.3 Å². The SMILES string of the molecule is C=C(C)C(=O)OCC(CCCC)OCC. The molecule has 0 aromatic carbocycles. The van der Waals surface area contributed by atoms with Gasteiger partial charge in [-0.25, -0.2) is 4.79 Å². The van der Waals surface area contributed by atoms with Gasteiger partial charge in [0.05, 0.1) is 6.10 Å². The van der Waals surface area contributed by atoms with E-state index in [9.17, 15) is 4.79 Å². The predicted octanol–water partition coefficient (Wildman–Crippen LogP) is 2.70. The lowest BCUT2D eigenvalue weighted by molar-refractivity contribution is -0.143. The van der Waals surface area contributed by atoms with Gasteiger partial charge in [-0.15, -0.1) is 0 Å². The summed E-state index contributed by atoms with van der Waals surface area (Å²) in [5.74, 6) is -0.337. The Kier molecular flexibility index (Phi) is 8.01. The molecule has 0 aromatic heterocycles. The van der Waals surface area contributed by atoms with Crippen molar-refractivity contribution < 1.29 is 14.3 Å². The lowest BCUT2D eigenvalue weighted by Gasteiger charge is -2.16. The Morgan fingerprint density at radius 3 is 2.53 bits per heavy atom. The molecule has 1 unspecified atom stereocenters. The molecule has 3 heteroatoms. The highest BCUT2D eigenvalue weighted by Gasteiger charge is 2.11. The molecule has 0 saturated heterocycles. The van der Waals surface area contributed by atoms with E-state index < -0.39 is 0 Å². The zero-order valence-corrected chi connectivity index (χ0v) is 10.0. The highest BCUT2D eigenvalue weighted by atomic mass is 16.6. The summed E-state index contributed by atoms with van der Waals surface area (Å²) in [6, 6.07) is 0. The Morgan fingerprint density at radius 2 is 2.07 bits per heavy atom. The fraction of sp³-hybridized carbons (Fsp3) is 0.750. The molecule has 0 fully saturated rings. The zero-order chi connectivity index (χ0) is 11.7. The molecule has 88 valence electrons. The molecule has 0 aliphatic heterocycles. The number of hydrogen-bond acceptors (Lipinski definition) is 3. The second-order valence-corrected chi connectivity index (χ2v) is 3.60. The standard InChI is InChI=1S/C12H22O3/c1-5-7-8-11(14-6-2)9-15-12(13)10(3)4/h11H,3,5-9H2,1-2,4H3. The monoisotopic (exact) mass is 214 g/mol. The molecular formula is C12H22O3. The van der Waals surface area contributed by atoms with Gasteiger partial charge in [-0.1, -0.05) is 26.3 Å². The number of esters is 1. The molecule has 0 aliphatic rings. The fourth-order valence-corrected chi connectivity index (χ4v) is 1.17. The van der Waals surface area contributed by atoms with Crippen molar-refractivity contribution in [1.82, 2.24) is 0 Å². The van der Waals surface area contributed by atoms with Crippen LogP contribution in [0.2, 0.25) is 0 Å². The molecule has 0 heterocycles. The van der Waals surface area contributed by atoms with Gasteiger partial charge < -0.3 is 9.47 Å². The summed E-state index contributed by atoms with van der Waals surface area (Å²) in [5.41, 5.74) is 0.431. The molecule has 3 nitrogen and oxygen atoms in total. The van der Waals surface area contributed by atoms with Crippen LogP contribution in [-0.4, -0.2) is 25.3 Å².